The maximum Gasteiger partial charge on any atom is 0.243 e. The van der Waals surface area contributed by atoms with Gasteiger partial charge in [0.15, 0.2) is 11.5 Å². The maximum absolute atomic E-state index is 12.7. The number of nitrogens with two attached hydrogens (primary N) is 1. The van der Waals surface area contributed by atoms with Gasteiger partial charge in [-0.15, -0.1) is 0 Å². The van der Waals surface area contributed by atoms with Crippen LogP contribution in [0.25, 0.3) is 0 Å². The fraction of sp³-hybridized carbons (Fsp3) is 0.462. The molecule has 1 atom stereocenters. The minimum absolute atomic E-state index is 0.176. The van der Waals surface area contributed by atoms with Gasteiger partial charge in [0.05, 0.1) is 15.9 Å². The summed E-state index contributed by atoms with van der Waals surface area (Å²) in [5.41, 5.74) is 5.65. The summed E-state index contributed by atoms with van der Waals surface area (Å²) in [6.07, 6.45) is 1.42. The van der Waals surface area contributed by atoms with Crippen LogP contribution in [-0.2, 0) is 10.0 Å². The van der Waals surface area contributed by atoms with E-state index >= 15 is 0 Å². The van der Waals surface area contributed by atoms with Crippen molar-refractivity contribution in [2.75, 3.05) is 19.8 Å². The molecular weight excluding hydrogens is 312 g/mol. The molecule has 2 aliphatic rings. The predicted molar refractivity (Wildman–Crippen MR) is 81.1 cm³/mol. The Balaban J connectivity index is 1.96. The zero-order valence-corrected chi connectivity index (χ0v) is 13.0. The summed E-state index contributed by atoms with van der Waals surface area (Å²) in [6, 6.07) is 4.24. The largest absolute Gasteiger partial charge is 0.486 e. The smallest absolute Gasteiger partial charge is 0.243 e. The summed E-state index contributed by atoms with van der Waals surface area (Å²) < 4.78 is 37.7. The quantitative estimate of drug-likeness (QED) is 0.830. The lowest BCUT2D eigenvalue weighted by atomic mass is 10.2. The maximum atomic E-state index is 12.7. The highest BCUT2D eigenvalue weighted by Gasteiger charge is 2.37. The van der Waals surface area contributed by atoms with Crippen LogP contribution in [0.3, 0.4) is 0 Å². The zero-order valence-electron chi connectivity index (χ0n) is 11.3. The van der Waals surface area contributed by atoms with Crippen molar-refractivity contribution in [3.05, 3.63) is 18.2 Å². The number of ether oxygens (including phenoxy) is 2. The molecule has 0 bridgehead atoms. The summed E-state index contributed by atoms with van der Waals surface area (Å²) in [5.74, 6) is 1.01. The molecule has 6 nitrogen and oxygen atoms in total. The molecule has 0 aromatic heterocycles. The third kappa shape index (κ3) is 2.58. The van der Waals surface area contributed by atoms with Crippen molar-refractivity contribution < 1.29 is 17.9 Å². The van der Waals surface area contributed by atoms with Crippen LogP contribution in [0.15, 0.2) is 23.1 Å². The molecular formula is C13H16N2O4S2. The van der Waals surface area contributed by atoms with Crippen LogP contribution in [0.4, 0.5) is 0 Å². The first-order valence-corrected chi connectivity index (χ1v) is 8.56. The Bertz CT molecular complexity index is 675. The normalized spacial score (nSPS) is 22.2. The van der Waals surface area contributed by atoms with E-state index in [-0.39, 0.29) is 9.88 Å². The van der Waals surface area contributed by atoms with Crippen LogP contribution in [0.1, 0.15) is 12.8 Å². The van der Waals surface area contributed by atoms with E-state index in [1.54, 1.807) is 6.07 Å². The number of hydrogen-bond donors (Lipinski definition) is 1. The monoisotopic (exact) mass is 328 g/mol. The van der Waals surface area contributed by atoms with Gasteiger partial charge < -0.3 is 15.2 Å². The van der Waals surface area contributed by atoms with Crippen molar-refractivity contribution in [1.29, 1.82) is 0 Å². The van der Waals surface area contributed by atoms with Gasteiger partial charge in [-0.1, -0.05) is 12.2 Å². The third-order valence-corrected chi connectivity index (χ3v) is 5.83. The lowest BCUT2D eigenvalue weighted by molar-refractivity contribution is 0.171. The first kappa shape index (κ1) is 14.6. The molecule has 1 unspecified atom stereocenters. The zero-order chi connectivity index (χ0) is 15.0. The van der Waals surface area contributed by atoms with Gasteiger partial charge in [0.25, 0.3) is 0 Å². The Hall–Kier alpha value is -1.38. The SMILES string of the molecule is NC(=S)C1CCCN1S(=O)(=O)c1ccc2c(c1)OCCO2. The number of sulfonamides is 1. The van der Waals surface area contributed by atoms with E-state index in [2.05, 4.69) is 0 Å². The molecule has 1 fully saturated rings. The molecule has 0 spiro atoms. The molecule has 1 aromatic carbocycles. The lowest BCUT2D eigenvalue weighted by Crippen LogP contribution is -2.42. The van der Waals surface area contributed by atoms with Gasteiger partial charge in [-0.25, -0.2) is 8.42 Å². The van der Waals surface area contributed by atoms with Crippen molar-refractivity contribution in [2.45, 2.75) is 23.8 Å². The number of thiocarbonyl (C=S) groups is 1. The molecule has 2 aliphatic heterocycles. The molecule has 2 heterocycles. The number of nitrogens with zero attached hydrogens (tertiary/aromatic N) is 1. The number of fused-ring (bicyclic) bond motifs is 1. The van der Waals surface area contributed by atoms with E-state index in [1.165, 1.54) is 16.4 Å². The van der Waals surface area contributed by atoms with E-state index in [4.69, 9.17) is 27.4 Å². The number of benzene rings is 1. The van der Waals surface area contributed by atoms with Crippen LogP contribution in [0.2, 0.25) is 0 Å². The van der Waals surface area contributed by atoms with Gasteiger partial charge in [-0.2, -0.15) is 4.31 Å². The first-order chi connectivity index (χ1) is 10.00. The van der Waals surface area contributed by atoms with Crippen molar-refractivity contribution in [3.63, 3.8) is 0 Å². The minimum atomic E-state index is -3.64. The first-order valence-electron chi connectivity index (χ1n) is 6.71. The second-order valence-corrected chi connectivity index (χ2v) is 7.34. The Morgan fingerprint density at radius 3 is 2.71 bits per heavy atom. The average Bonchev–Trinajstić information content (AvgIpc) is 2.97. The summed E-state index contributed by atoms with van der Waals surface area (Å²) >= 11 is 4.98. The Morgan fingerprint density at radius 2 is 2.00 bits per heavy atom. The fourth-order valence-corrected chi connectivity index (χ4v) is 4.63. The molecule has 114 valence electrons. The molecule has 2 N–H and O–H groups in total. The van der Waals surface area contributed by atoms with Gasteiger partial charge in [-0.3, -0.25) is 0 Å². The highest BCUT2D eigenvalue weighted by molar-refractivity contribution is 7.89. The van der Waals surface area contributed by atoms with Crippen LogP contribution < -0.4 is 15.2 Å². The van der Waals surface area contributed by atoms with Gasteiger partial charge in [0.1, 0.15) is 13.2 Å². The van der Waals surface area contributed by atoms with Crippen molar-refractivity contribution in [2.24, 2.45) is 5.73 Å². The standard InChI is InChI=1S/C13H16N2O4S2/c14-13(20)10-2-1-5-15(10)21(16,17)9-3-4-11-12(8-9)19-7-6-18-11/h3-4,8,10H,1-2,5-7H2,(H2,14,20). The fourth-order valence-electron chi connectivity index (χ4n) is 2.63. The van der Waals surface area contributed by atoms with E-state index in [0.717, 1.165) is 6.42 Å². The summed E-state index contributed by atoms with van der Waals surface area (Å²) in [4.78, 5) is 0.392. The molecule has 21 heavy (non-hydrogen) atoms. The van der Waals surface area contributed by atoms with Crippen LogP contribution in [-0.4, -0.2) is 43.5 Å². The molecule has 0 saturated carbocycles. The van der Waals surface area contributed by atoms with Gasteiger partial charge in [0, 0.05) is 12.6 Å². The molecule has 3 rings (SSSR count). The minimum Gasteiger partial charge on any atom is -0.486 e. The third-order valence-electron chi connectivity index (χ3n) is 3.65. The molecule has 0 aliphatic carbocycles. The molecule has 8 heteroatoms. The van der Waals surface area contributed by atoms with Gasteiger partial charge >= 0.3 is 0 Å². The van der Waals surface area contributed by atoms with Crippen molar-refractivity contribution >= 4 is 27.2 Å². The molecule has 1 aromatic rings. The predicted octanol–water partition coefficient (Wildman–Crippen LogP) is 0.897. The van der Waals surface area contributed by atoms with Crippen LogP contribution >= 0.6 is 12.2 Å². The summed E-state index contributed by atoms with van der Waals surface area (Å²) in [5, 5.41) is 0. The highest BCUT2D eigenvalue weighted by atomic mass is 32.2. The second-order valence-electron chi connectivity index (χ2n) is 4.98. The topological polar surface area (TPSA) is 81.9 Å². The number of rotatable bonds is 3. The molecule has 0 radical (unpaired) electrons. The van der Waals surface area contributed by atoms with E-state index in [0.29, 0.717) is 37.7 Å². The Morgan fingerprint density at radius 1 is 1.29 bits per heavy atom. The Labute approximate surface area is 128 Å². The summed E-state index contributed by atoms with van der Waals surface area (Å²) in [6.45, 7) is 1.31. The van der Waals surface area contributed by atoms with E-state index < -0.39 is 16.1 Å². The molecule has 0 amide bonds. The molecule has 1 saturated heterocycles. The van der Waals surface area contributed by atoms with Crippen LogP contribution in [0, 0.1) is 0 Å². The van der Waals surface area contributed by atoms with E-state index in [9.17, 15) is 8.42 Å². The van der Waals surface area contributed by atoms with Gasteiger partial charge in [-0.05, 0) is 25.0 Å². The van der Waals surface area contributed by atoms with Crippen molar-refractivity contribution in [1.82, 2.24) is 4.31 Å². The highest BCUT2D eigenvalue weighted by Crippen LogP contribution is 2.34. The Kier molecular flexibility index (Phi) is 3.76. The average molecular weight is 328 g/mol. The lowest BCUT2D eigenvalue weighted by Gasteiger charge is -2.24. The van der Waals surface area contributed by atoms with Crippen molar-refractivity contribution in [3.8, 4) is 11.5 Å². The van der Waals surface area contributed by atoms with Gasteiger partial charge in [0.2, 0.25) is 10.0 Å². The van der Waals surface area contributed by atoms with Crippen LogP contribution in [0.5, 0.6) is 11.5 Å². The summed E-state index contributed by atoms with van der Waals surface area (Å²) in [7, 11) is -3.64. The van der Waals surface area contributed by atoms with E-state index in [1.807, 2.05) is 0 Å². The second kappa shape index (κ2) is 5.43. The number of hydrogen-bond acceptors (Lipinski definition) is 5.